The van der Waals surface area contributed by atoms with E-state index in [1.165, 1.54) is 0 Å². The van der Waals surface area contributed by atoms with Crippen LogP contribution in [0.3, 0.4) is 0 Å². The number of rotatable bonds is 8. The minimum Gasteiger partial charge on any atom is -0.497 e. The van der Waals surface area contributed by atoms with E-state index in [2.05, 4.69) is 31.0 Å². The van der Waals surface area contributed by atoms with E-state index in [0.717, 1.165) is 59.3 Å². The van der Waals surface area contributed by atoms with Gasteiger partial charge in [0.25, 0.3) is 0 Å². The summed E-state index contributed by atoms with van der Waals surface area (Å²) in [4.78, 5) is 7.26. The normalized spacial score (nSPS) is 11.7. The molecule has 0 amide bonds. The second kappa shape index (κ2) is 8.77. The van der Waals surface area contributed by atoms with Gasteiger partial charge in [-0.25, -0.2) is 4.98 Å². The zero-order valence-electron chi connectivity index (χ0n) is 16.6. The summed E-state index contributed by atoms with van der Waals surface area (Å²) >= 11 is 6.19. The molecule has 3 rings (SSSR count). The van der Waals surface area contributed by atoms with Crippen molar-refractivity contribution in [2.75, 3.05) is 32.1 Å². The molecule has 0 spiro atoms. The van der Waals surface area contributed by atoms with Gasteiger partial charge in [-0.05, 0) is 63.2 Å². The third kappa shape index (κ3) is 4.45. The predicted molar refractivity (Wildman–Crippen MR) is 116 cm³/mol. The SMILES string of the molecule is CCN(CCCNc1c2ccc(Cl)cc2nc2ccc(OC)cc12)C(C)C. The molecule has 1 aromatic heterocycles. The summed E-state index contributed by atoms with van der Waals surface area (Å²) in [6.45, 7) is 9.77. The van der Waals surface area contributed by atoms with Crippen LogP contribution in [-0.2, 0) is 0 Å². The van der Waals surface area contributed by atoms with Gasteiger partial charge in [0.1, 0.15) is 5.75 Å². The number of hydrogen-bond acceptors (Lipinski definition) is 4. The van der Waals surface area contributed by atoms with Crippen LogP contribution in [0.2, 0.25) is 5.02 Å². The van der Waals surface area contributed by atoms with Crippen molar-refractivity contribution in [1.29, 1.82) is 0 Å². The lowest BCUT2D eigenvalue weighted by Crippen LogP contribution is -2.32. The van der Waals surface area contributed by atoms with Crippen molar-refractivity contribution < 1.29 is 4.74 Å². The van der Waals surface area contributed by atoms with Crippen molar-refractivity contribution in [3.63, 3.8) is 0 Å². The molecular weight excluding hydrogens is 358 g/mol. The first kappa shape index (κ1) is 19.7. The van der Waals surface area contributed by atoms with Crippen LogP contribution in [0.4, 0.5) is 5.69 Å². The fourth-order valence-electron chi connectivity index (χ4n) is 3.49. The third-order valence-corrected chi connectivity index (χ3v) is 5.24. The molecular formula is C22H28ClN3O. The first-order valence-corrected chi connectivity index (χ1v) is 9.96. The number of anilines is 1. The summed E-state index contributed by atoms with van der Waals surface area (Å²) in [6, 6.07) is 12.4. The van der Waals surface area contributed by atoms with Crippen LogP contribution >= 0.6 is 11.6 Å². The molecule has 0 aliphatic carbocycles. The minimum atomic E-state index is 0.573. The van der Waals surface area contributed by atoms with Crippen molar-refractivity contribution in [2.24, 2.45) is 0 Å². The number of halogens is 1. The molecule has 0 aliphatic heterocycles. The van der Waals surface area contributed by atoms with Crippen LogP contribution in [0.25, 0.3) is 21.8 Å². The lowest BCUT2D eigenvalue weighted by Gasteiger charge is -2.24. The van der Waals surface area contributed by atoms with E-state index in [4.69, 9.17) is 21.3 Å². The molecule has 0 bridgehead atoms. The van der Waals surface area contributed by atoms with E-state index < -0.39 is 0 Å². The summed E-state index contributed by atoms with van der Waals surface area (Å²) in [7, 11) is 1.69. The molecule has 0 fully saturated rings. The molecule has 0 aliphatic rings. The quantitative estimate of drug-likeness (QED) is 0.405. The van der Waals surface area contributed by atoms with E-state index in [1.807, 2.05) is 36.4 Å². The molecule has 144 valence electrons. The number of nitrogens with zero attached hydrogens (tertiary/aromatic N) is 2. The monoisotopic (exact) mass is 385 g/mol. The van der Waals surface area contributed by atoms with Gasteiger partial charge in [0, 0.05) is 34.9 Å². The topological polar surface area (TPSA) is 37.4 Å². The number of ether oxygens (including phenoxy) is 1. The van der Waals surface area contributed by atoms with E-state index in [9.17, 15) is 0 Å². The predicted octanol–water partition coefficient (Wildman–Crippen LogP) is 5.58. The molecule has 4 nitrogen and oxygen atoms in total. The van der Waals surface area contributed by atoms with Gasteiger partial charge in [0.15, 0.2) is 0 Å². The van der Waals surface area contributed by atoms with Crippen molar-refractivity contribution >= 4 is 39.1 Å². The molecule has 5 heteroatoms. The van der Waals surface area contributed by atoms with Gasteiger partial charge in [-0.15, -0.1) is 0 Å². The molecule has 0 saturated heterocycles. The van der Waals surface area contributed by atoms with Gasteiger partial charge in [-0.3, -0.25) is 0 Å². The molecule has 0 radical (unpaired) electrons. The van der Waals surface area contributed by atoms with Crippen LogP contribution in [0, 0.1) is 0 Å². The highest BCUT2D eigenvalue weighted by atomic mass is 35.5. The number of benzene rings is 2. The maximum Gasteiger partial charge on any atom is 0.119 e. The zero-order chi connectivity index (χ0) is 19.4. The second-order valence-corrected chi connectivity index (χ2v) is 7.47. The van der Waals surface area contributed by atoms with Gasteiger partial charge < -0.3 is 15.0 Å². The fraction of sp³-hybridized carbons (Fsp3) is 0.409. The Bertz CT molecular complexity index is 926. The van der Waals surface area contributed by atoms with E-state index in [1.54, 1.807) is 7.11 Å². The zero-order valence-corrected chi connectivity index (χ0v) is 17.3. The van der Waals surface area contributed by atoms with Gasteiger partial charge >= 0.3 is 0 Å². The average Bonchev–Trinajstić information content (AvgIpc) is 2.66. The third-order valence-electron chi connectivity index (χ3n) is 5.00. The van der Waals surface area contributed by atoms with Crippen LogP contribution in [0.5, 0.6) is 5.75 Å². The van der Waals surface area contributed by atoms with Crippen molar-refractivity contribution in [3.8, 4) is 5.75 Å². The molecule has 0 atom stereocenters. The number of nitrogens with one attached hydrogen (secondary N) is 1. The molecule has 1 heterocycles. The molecule has 1 N–H and O–H groups in total. The second-order valence-electron chi connectivity index (χ2n) is 7.03. The number of pyridine rings is 1. The fourth-order valence-corrected chi connectivity index (χ4v) is 3.66. The van der Waals surface area contributed by atoms with Crippen LogP contribution < -0.4 is 10.1 Å². The summed E-state index contributed by atoms with van der Waals surface area (Å²) in [5, 5.41) is 6.50. The molecule has 2 aromatic carbocycles. The van der Waals surface area contributed by atoms with Gasteiger partial charge in [-0.2, -0.15) is 0 Å². The molecule has 3 aromatic rings. The van der Waals surface area contributed by atoms with Gasteiger partial charge in [0.05, 0.1) is 23.8 Å². The van der Waals surface area contributed by atoms with Crippen LogP contribution in [0.15, 0.2) is 36.4 Å². The summed E-state index contributed by atoms with van der Waals surface area (Å²) in [5.41, 5.74) is 2.93. The molecule has 0 saturated carbocycles. The standard InChI is InChI=1S/C22H28ClN3O/c1-5-26(15(2)3)12-6-11-24-22-18-9-7-16(23)13-21(18)25-20-10-8-17(27-4)14-19(20)22/h7-10,13-15H,5-6,11-12H2,1-4H3,(H,24,25). The van der Waals surface area contributed by atoms with Crippen molar-refractivity contribution in [2.45, 2.75) is 33.2 Å². The Hall–Kier alpha value is -2.04. The average molecular weight is 386 g/mol. The maximum absolute atomic E-state index is 6.19. The Balaban J connectivity index is 1.92. The Morgan fingerprint density at radius 1 is 1.11 bits per heavy atom. The Kier molecular flexibility index (Phi) is 6.40. The lowest BCUT2D eigenvalue weighted by atomic mass is 10.1. The number of methoxy groups -OCH3 is 1. The highest BCUT2D eigenvalue weighted by Crippen LogP contribution is 2.34. The Morgan fingerprint density at radius 3 is 2.63 bits per heavy atom. The van der Waals surface area contributed by atoms with Crippen molar-refractivity contribution in [3.05, 3.63) is 41.4 Å². The summed E-state index contributed by atoms with van der Waals surface area (Å²) in [5.74, 6) is 0.831. The van der Waals surface area contributed by atoms with E-state index in [0.29, 0.717) is 11.1 Å². The molecule has 27 heavy (non-hydrogen) atoms. The van der Waals surface area contributed by atoms with E-state index in [-0.39, 0.29) is 0 Å². The minimum absolute atomic E-state index is 0.573. The molecule has 0 unspecified atom stereocenters. The number of fused-ring (bicyclic) bond motifs is 2. The Labute approximate surface area is 166 Å². The van der Waals surface area contributed by atoms with Gasteiger partial charge in [-0.1, -0.05) is 18.5 Å². The van der Waals surface area contributed by atoms with Crippen LogP contribution in [-0.4, -0.2) is 42.7 Å². The van der Waals surface area contributed by atoms with Crippen LogP contribution in [0.1, 0.15) is 27.2 Å². The summed E-state index contributed by atoms with van der Waals surface area (Å²) in [6.07, 6.45) is 1.08. The lowest BCUT2D eigenvalue weighted by molar-refractivity contribution is 0.233. The first-order valence-electron chi connectivity index (χ1n) is 9.58. The largest absolute Gasteiger partial charge is 0.497 e. The highest BCUT2D eigenvalue weighted by molar-refractivity contribution is 6.31. The number of hydrogen-bond donors (Lipinski definition) is 1. The summed E-state index contributed by atoms with van der Waals surface area (Å²) < 4.78 is 5.42. The smallest absolute Gasteiger partial charge is 0.119 e. The van der Waals surface area contributed by atoms with Crippen molar-refractivity contribution in [1.82, 2.24) is 9.88 Å². The highest BCUT2D eigenvalue weighted by Gasteiger charge is 2.11. The van der Waals surface area contributed by atoms with Gasteiger partial charge in [0.2, 0.25) is 0 Å². The Morgan fingerprint density at radius 2 is 1.93 bits per heavy atom. The van der Waals surface area contributed by atoms with E-state index >= 15 is 0 Å². The number of aromatic nitrogens is 1. The first-order chi connectivity index (χ1) is 13.0. The maximum atomic E-state index is 6.19.